The summed E-state index contributed by atoms with van der Waals surface area (Å²) >= 11 is 0. The second kappa shape index (κ2) is 5.91. The molecular formula is C15H21N5O. The Bertz CT molecular complexity index is 612. The highest BCUT2D eigenvalue weighted by Gasteiger charge is 2.29. The van der Waals surface area contributed by atoms with E-state index in [1.165, 1.54) is 5.56 Å². The Hall–Kier alpha value is -1.79. The van der Waals surface area contributed by atoms with Crippen molar-refractivity contribution in [2.45, 2.75) is 26.4 Å². The third-order valence-electron chi connectivity index (χ3n) is 4.07. The first-order chi connectivity index (χ1) is 10.1. The lowest BCUT2D eigenvalue weighted by Gasteiger charge is -2.37. The molecule has 0 N–H and O–H groups in total. The maximum atomic E-state index is 5.35. The van der Waals surface area contributed by atoms with Crippen molar-refractivity contribution in [3.63, 3.8) is 0 Å². The molecule has 6 nitrogen and oxygen atoms in total. The van der Waals surface area contributed by atoms with Gasteiger partial charge in [-0.15, -0.1) is 0 Å². The third-order valence-corrected chi connectivity index (χ3v) is 4.07. The molecule has 112 valence electrons. The predicted octanol–water partition coefficient (Wildman–Crippen LogP) is 1.57. The molecule has 21 heavy (non-hydrogen) atoms. The van der Waals surface area contributed by atoms with Gasteiger partial charge in [-0.2, -0.15) is 4.98 Å². The van der Waals surface area contributed by atoms with Crippen LogP contribution < -0.4 is 0 Å². The van der Waals surface area contributed by atoms with Crippen LogP contribution in [0.4, 0.5) is 0 Å². The molecule has 3 heterocycles. The summed E-state index contributed by atoms with van der Waals surface area (Å²) in [7, 11) is 2.11. The van der Waals surface area contributed by atoms with Crippen LogP contribution in [0.1, 0.15) is 29.0 Å². The van der Waals surface area contributed by atoms with Gasteiger partial charge in [0.1, 0.15) is 6.04 Å². The molecular weight excluding hydrogens is 266 g/mol. The summed E-state index contributed by atoms with van der Waals surface area (Å²) in [6.07, 6.45) is 1.84. The number of pyridine rings is 1. The molecule has 3 rings (SSSR count). The molecule has 0 radical (unpaired) electrons. The lowest BCUT2D eigenvalue weighted by Crippen LogP contribution is -2.46. The normalized spacial score (nSPS) is 20.8. The Balaban J connectivity index is 1.72. The van der Waals surface area contributed by atoms with Crippen LogP contribution in [-0.4, -0.2) is 51.6 Å². The van der Waals surface area contributed by atoms with Crippen molar-refractivity contribution in [1.82, 2.24) is 24.9 Å². The van der Waals surface area contributed by atoms with Crippen molar-refractivity contribution in [3.05, 3.63) is 41.3 Å². The molecule has 0 spiro atoms. The minimum absolute atomic E-state index is 0.164. The third kappa shape index (κ3) is 3.11. The average Bonchev–Trinajstić information content (AvgIpc) is 2.90. The van der Waals surface area contributed by atoms with Crippen LogP contribution in [0.3, 0.4) is 0 Å². The van der Waals surface area contributed by atoms with Gasteiger partial charge in [-0.05, 0) is 32.5 Å². The highest BCUT2D eigenvalue weighted by Crippen LogP contribution is 2.24. The zero-order chi connectivity index (χ0) is 14.8. The minimum Gasteiger partial charge on any atom is -0.338 e. The van der Waals surface area contributed by atoms with Crippen LogP contribution in [0.15, 0.2) is 22.9 Å². The first-order valence-electron chi connectivity index (χ1n) is 7.27. The fraction of sp³-hybridized carbons (Fsp3) is 0.533. The predicted molar refractivity (Wildman–Crippen MR) is 78.7 cm³/mol. The number of hydrogen-bond donors (Lipinski definition) is 0. The minimum atomic E-state index is 0.164. The van der Waals surface area contributed by atoms with E-state index in [2.05, 4.69) is 45.0 Å². The summed E-state index contributed by atoms with van der Waals surface area (Å²) in [5.74, 6) is 1.40. The van der Waals surface area contributed by atoms with Crippen molar-refractivity contribution >= 4 is 0 Å². The van der Waals surface area contributed by atoms with Gasteiger partial charge in [-0.25, -0.2) is 0 Å². The molecule has 0 saturated carbocycles. The molecule has 0 aromatic carbocycles. The number of rotatable bonds is 3. The van der Waals surface area contributed by atoms with E-state index in [0.29, 0.717) is 11.7 Å². The monoisotopic (exact) mass is 287 g/mol. The van der Waals surface area contributed by atoms with Crippen molar-refractivity contribution in [2.75, 3.05) is 26.7 Å². The van der Waals surface area contributed by atoms with Crippen molar-refractivity contribution in [1.29, 1.82) is 0 Å². The second-order valence-corrected chi connectivity index (χ2v) is 5.66. The molecule has 6 heteroatoms. The summed E-state index contributed by atoms with van der Waals surface area (Å²) in [6, 6.07) is 4.31. The van der Waals surface area contributed by atoms with E-state index >= 15 is 0 Å². The number of piperazine rings is 1. The lowest BCUT2D eigenvalue weighted by molar-refractivity contribution is 0.0713. The summed E-state index contributed by atoms with van der Waals surface area (Å²) in [5.41, 5.74) is 2.38. The van der Waals surface area contributed by atoms with Gasteiger partial charge < -0.3 is 4.52 Å². The molecule has 2 aromatic heterocycles. The number of aromatic nitrogens is 3. The smallest absolute Gasteiger partial charge is 0.245 e. The zero-order valence-electron chi connectivity index (χ0n) is 12.8. The Morgan fingerprint density at radius 1 is 1.33 bits per heavy atom. The fourth-order valence-electron chi connectivity index (χ4n) is 2.71. The second-order valence-electron chi connectivity index (χ2n) is 5.66. The van der Waals surface area contributed by atoms with E-state index in [0.717, 1.165) is 31.9 Å². The summed E-state index contributed by atoms with van der Waals surface area (Å²) in [4.78, 5) is 13.4. The Morgan fingerprint density at radius 2 is 2.19 bits per heavy atom. The molecule has 0 amide bonds. The molecule has 0 bridgehead atoms. The number of hydrogen-bond acceptors (Lipinski definition) is 6. The Morgan fingerprint density at radius 3 is 2.90 bits per heavy atom. The Labute approximate surface area is 124 Å². The molecule has 0 aliphatic carbocycles. The van der Waals surface area contributed by atoms with Gasteiger partial charge in [0, 0.05) is 38.1 Å². The van der Waals surface area contributed by atoms with Gasteiger partial charge in [0.05, 0.1) is 0 Å². The largest absolute Gasteiger partial charge is 0.338 e. The SMILES string of the molecule is Cc1noc(C2CN(Cc3cccnc3C)CCN2C)n1. The molecule has 1 atom stereocenters. The average molecular weight is 287 g/mol. The first-order valence-corrected chi connectivity index (χ1v) is 7.27. The van der Waals surface area contributed by atoms with Crippen molar-refractivity contribution in [3.8, 4) is 0 Å². The van der Waals surface area contributed by atoms with Gasteiger partial charge in [-0.1, -0.05) is 11.2 Å². The molecule has 1 unspecified atom stereocenters. The first kappa shape index (κ1) is 14.2. The molecule has 2 aromatic rings. The number of nitrogens with zero attached hydrogens (tertiary/aromatic N) is 5. The van der Waals surface area contributed by atoms with E-state index in [1.807, 2.05) is 19.2 Å². The highest BCUT2D eigenvalue weighted by molar-refractivity contribution is 5.18. The fourth-order valence-corrected chi connectivity index (χ4v) is 2.71. The summed E-state index contributed by atoms with van der Waals surface area (Å²) in [6.45, 7) is 7.75. The maximum absolute atomic E-state index is 5.35. The van der Waals surface area contributed by atoms with E-state index in [1.54, 1.807) is 0 Å². The van der Waals surface area contributed by atoms with Gasteiger partial charge in [0.15, 0.2) is 5.82 Å². The van der Waals surface area contributed by atoms with Gasteiger partial charge >= 0.3 is 0 Å². The molecule has 1 aliphatic rings. The van der Waals surface area contributed by atoms with Crippen LogP contribution in [0.5, 0.6) is 0 Å². The summed E-state index contributed by atoms with van der Waals surface area (Å²) in [5, 5.41) is 3.91. The Kier molecular flexibility index (Phi) is 3.98. The summed E-state index contributed by atoms with van der Waals surface area (Å²) < 4.78 is 5.35. The quantitative estimate of drug-likeness (QED) is 0.854. The molecule has 1 fully saturated rings. The van der Waals surface area contributed by atoms with E-state index < -0.39 is 0 Å². The maximum Gasteiger partial charge on any atom is 0.245 e. The van der Waals surface area contributed by atoms with Crippen molar-refractivity contribution in [2.24, 2.45) is 0 Å². The topological polar surface area (TPSA) is 58.3 Å². The van der Waals surface area contributed by atoms with Crippen LogP contribution in [0.2, 0.25) is 0 Å². The number of aryl methyl sites for hydroxylation is 2. The van der Waals surface area contributed by atoms with Crippen molar-refractivity contribution < 1.29 is 4.52 Å². The van der Waals surface area contributed by atoms with Gasteiger partial charge in [0.2, 0.25) is 5.89 Å². The zero-order valence-corrected chi connectivity index (χ0v) is 12.8. The molecule has 1 aliphatic heterocycles. The number of likely N-dealkylation sites (N-methyl/N-ethyl adjacent to an activating group) is 1. The highest BCUT2D eigenvalue weighted by atomic mass is 16.5. The van der Waals surface area contributed by atoms with Crippen LogP contribution in [0.25, 0.3) is 0 Å². The van der Waals surface area contributed by atoms with Gasteiger partial charge in [-0.3, -0.25) is 14.8 Å². The standard InChI is InChI=1S/C15H21N5O/c1-11-13(5-4-6-16-11)9-20-8-7-19(3)14(10-20)15-17-12(2)18-21-15/h4-6,14H,7-10H2,1-3H3. The molecule has 1 saturated heterocycles. The van der Waals surface area contributed by atoms with E-state index in [4.69, 9.17) is 4.52 Å². The van der Waals surface area contributed by atoms with Crippen LogP contribution in [0, 0.1) is 13.8 Å². The van der Waals surface area contributed by atoms with Crippen LogP contribution >= 0.6 is 0 Å². The lowest BCUT2D eigenvalue weighted by atomic mass is 10.1. The van der Waals surface area contributed by atoms with Crippen LogP contribution in [-0.2, 0) is 6.54 Å². The van der Waals surface area contributed by atoms with E-state index in [-0.39, 0.29) is 6.04 Å². The van der Waals surface area contributed by atoms with Gasteiger partial charge in [0.25, 0.3) is 0 Å². The van der Waals surface area contributed by atoms with E-state index in [9.17, 15) is 0 Å².